The number of allylic oxidation sites excluding steroid dienone is 1. The second-order valence-electron chi connectivity index (χ2n) is 5.55. The fourth-order valence-electron chi connectivity index (χ4n) is 2.70. The van der Waals surface area contributed by atoms with Crippen molar-refractivity contribution in [2.45, 2.75) is 19.5 Å². The smallest absolute Gasteiger partial charge is 0.407 e. The van der Waals surface area contributed by atoms with Crippen molar-refractivity contribution < 1.29 is 22.7 Å². The van der Waals surface area contributed by atoms with E-state index in [1.807, 2.05) is 0 Å². The lowest BCUT2D eigenvalue weighted by Crippen LogP contribution is -2.10. The third-order valence-electron chi connectivity index (χ3n) is 3.80. The number of benzene rings is 2. The van der Waals surface area contributed by atoms with E-state index in [0.717, 1.165) is 6.07 Å². The Hall–Kier alpha value is -2.89. The highest BCUT2D eigenvalue weighted by Gasteiger charge is 2.34. The van der Waals surface area contributed by atoms with Crippen molar-refractivity contribution in [3.05, 3.63) is 77.0 Å². The molecule has 3 nitrogen and oxygen atoms in total. The van der Waals surface area contributed by atoms with Crippen molar-refractivity contribution in [3.63, 3.8) is 0 Å². The average Bonchev–Trinajstić information content (AvgIpc) is 2.91. The summed E-state index contributed by atoms with van der Waals surface area (Å²) in [5.74, 6) is -0.474. The molecule has 0 unspecified atom stereocenters. The van der Waals surface area contributed by atoms with Crippen LogP contribution < -0.4 is 0 Å². The van der Waals surface area contributed by atoms with Gasteiger partial charge in [0.15, 0.2) is 11.6 Å². The van der Waals surface area contributed by atoms with Gasteiger partial charge >= 0.3 is 12.1 Å². The van der Waals surface area contributed by atoms with E-state index in [-0.39, 0.29) is 23.6 Å². The van der Waals surface area contributed by atoms with E-state index in [9.17, 15) is 18.0 Å². The number of hydrogen-bond donors (Lipinski definition) is 0. The third-order valence-corrected chi connectivity index (χ3v) is 3.80. The molecule has 0 amide bonds. The Kier molecular flexibility index (Phi) is 4.44. The molecule has 1 aliphatic heterocycles. The molecule has 0 saturated carbocycles. The van der Waals surface area contributed by atoms with Gasteiger partial charge in [0.05, 0.1) is 5.56 Å². The maximum atomic E-state index is 13.3. The number of nitrogens with zero attached hydrogens (tertiary/aromatic N) is 1. The highest BCUT2D eigenvalue weighted by atomic mass is 19.4. The summed E-state index contributed by atoms with van der Waals surface area (Å²) < 4.78 is 44.8. The van der Waals surface area contributed by atoms with Crippen LogP contribution in [0.25, 0.3) is 5.57 Å². The van der Waals surface area contributed by atoms with Gasteiger partial charge < -0.3 is 4.74 Å². The summed E-state index contributed by atoms with van der Waals surface area (Å²) in [5.41, 5.74) is 0.426. The molecule has 1 aliphatic rings. The lowest BCUT2D eigenvalue weighted by molar-refractivity contribution is -0.138. The summed E-state index contributed by atoms with van der Waals surface area (Å²) in [7, 11) is 0. The molecule has 128 valence electrons. The van der Waals surface area contributed by atoms with E-state index in [2.05, 4.69) is 4.99 Å². The predicted octanol–water partition coefficient (Wildman–Crippen LogP) is 4.63. The minimum Gasteiger partial charge on any atom is -0.407 e. The molecule has 0 N–H and O–H groups in total. The molecule has 2 aromatic carbocycles. The van der Waals surface area contributed by atoms with Crippen molar-refractivity contribution in [2.75, 3.05) is 0 Å². The van der Waals surface area contributed by atoms with Crippen LogP contribution in [0.3, 0.4) is 0 Å². The summed E-state index contributed by atoms with van der Waals surface area (Å²) in [6.45, 7) is 1.52. The number of rotatable bonds is 3. The summed E-state index contributed by atoms with van der Waals surface area (Å²) >= 11 is 0. The highest BCUT2D eigenvalue weighted by molar-refractivity contribution is 6.08. The van der Waals surface area contributed by atoms with Gasteiger partial charge in [0.25, 0.3) is 0 Å². The minimum atomic E-state index is -4.47. The van der Waals surface area contributed by atoms with Crippen molar-refractivity contribution in [3.8, 4) is 0 Å². The number of hydrogen-bond acceptors (Lipinski definition) is 3. The Morgan fingerprint density at radius 3 is 2.28 bits per heavy atom. The van der Waals surface area contributed by atoms with E-state index in [1.54, 1.807) is 36.4 Å². The first-order valence-electron chi connectivity index (χ1n) is 7.57. The summed E-state index contributed by atoms with van der Waals surface area (Å²) in [6, 6.07) is 14.1. The summed E-state index contributed by atoms with van der Waals surface area (Å²) in [5, 5.41) is 0. The zero-order chi connectivity index (χ0) is 18.0. The van der Waals surface area contributed by atoms with Crippen LogP contribution in [0.4, 0.5) is 13.2 Å². The predicted molar refractivity (Wildman–Crippen MR) is 87.7 cm³/mol. The molecular weight excluding hydrogens is 331 g/mol. The molecule has 0 aliphatic carbocycles. The Morgan fingerprint density at radius 1 is 1.04 bits per heavy atom. The van der Waals surface area contributed by atoms with Crippen LogP contribution in [0.1, 0.15) is 23.6 Å². The molecule has 0 saturated heterocycles. The van der Waals surface area contributed by atoms with Crippen LogP contribution in [-0.2, 0) is 22.1 Å². The molecule has 1 heterocycles. The van der Waals surface area contributed by atoms with Crippen molar-refractivity contribution in [1.29, 1.82) is 0 Å². The van der Waals surface area contributed by atoms with Gasteiger partial charge in [-0.2, -0.15) is 13.2 Å². The fourth-order valence-corrected chi connectivity index (χ4v) is 2.70. The molecule has 25 heavy (non-hydrogen) atoms. The quantitative estimate of drug-likeness (QED) is 0.601. The van der Waals surface area contributed by atoms with Crippen LogP contribution in [-0.4, -0.2) is 11.9 Å². The van der Waals surface area contributed by atoms with Gasteiger partial charge in [-0.25, -0.2) is 9.79 Å². The molecule has 0 radical (unpaired) electrons. The molecule has 3 rings (SSSR count). The van der Waals surface area contributed by atoms with Crippen LogP contribution in [0.15, 0.2) is 65.3 Å². The molecule has 0 bridgehead atoms. The molecule has 0 atom stereocenters. The molecule has 0 fully saturated rings. The monoisotopic (exact) mass is 345 g/mol. The first-order valence-corrected chi connectivity index (χ1v) is 7.57. The maximum absolute atomic E-state index is 13.3. The SMILES string of the molecule is CC1=NC(=C(Cc2ccccc2C(F)(F)F)c2ccccc2)C(=O)O1. The van der Waals surface area contributed by atoms with Crippen LogP contribution >= 0.6 is 0 Å². The van der Waals surface area contributed by atoms with Gasteiger partial charge in [-0.15, -0.1) is 0 Å². The van der Waals surface area contributed by atoms with Gasteiger partial charge in [0.2, 0.25) is 0 Å². The number of halogens is 3. The number of carbonyl (C=O) groups excluding carboxylic acids is 1. The zero-order valence-corrected chi connectivity index (χ0v) is 13.3. The fraction of sp³-hybridized carbons (Fsp3) is 0.158. The number of esters is 1. The molecule has 6 heteroatoms. The summed E-state index contributed by atoms with van der Waals surface area (Å²) in [4.78, 5) is 16.1. The molecule has 0 aromatic heterocycles. The van der Waals surface area contributed by atoms with Gasteiger partial charge in [-0.05, 0) is 22.8 Å². The molecular formula is C19H14F3NO2. The molecule has 2 aromatic rings. The molecule has 0 spiro atoms. The van der Waals surface area contributed by atoms with Crippen molar-refractivity contribution in [1.82, 2.24) is 0 Å². The number of carbonyl (C=O) groups is 1. The Labute approximate surface area is 142 Å². The largest absolute Gasteiger partial charge is 0.416 e. The van der Waals surface area contributed by atoms with Gasteiger partial charge in [0.1, 0.15) is 0 Å². The maximum Gasteiger partial charge on any atom is 0.416 e. The first kappa shape index (κ1) is 17.0. The third kappa shape index (κ3) is 3.63. The van der Waals surface area contributed by atoms with Crippen molar-refractivity contribution >= 4 is 17.4 Å². The number of cyclic esters (lactones) is 1. The van der Waals surface area contributed by atoms with Gasteiger partial charge in [0, 0.05) is 13.3 Å². The Balaban J connectivity index is 2.14. The standard InChI is InChI=1S/C19H14F3NO2/c1-12-23-17(18(24)25-12)15(13-7-3-2-4-8-13)11-14-9-5-6-10-16(14)19(20,21)22/h2-10H,11H2,1H3. The van der Waals surface area contributed by atoms with Crippen molar-refractivity contribution in [2.24, 2.45) is 4.99 Å². The number of aliphatic imine (C=N–C) groups is 1. The average molecular weight is 345 g/mol. The normalized spacial score (nSPS) is 16.5. The first-order chi connectivity index (χ1) is 11.9. The highest BCUT2D eigenvalue weighted by Crippen LogP contribution is 2.35. The van der Waals surface area contributed by atoms with Crippen LogP contribution in [0.5, 0.6) is 0 Å². The van der Waals surface area contributed by atoms with Gasteiger partial charge in [-0.3, -0.25) is 0 Å². The topological polar surface area (TPSA) is 38.7 Å². The number of ether oxygens (including phenoxy) is 1. The summed E-state index contributed by atoms with van der Waals surface area (Å²) in [6.07, 6.45) is -4.56. The van der Waals surface area contributed by atoms with Crippen LogP contribution in [0.2, 0.25) is 0 Å². The second kappa shape index (κ2) is 6.55. The lowest BCUT2D eigenvalue weighted by atomic mass is 9.93. The van der Waals surface area contributed by atoms with E-state index >= 15 is 0 Å². The lowest BCUT2D eigenvalue weighted by Gasteiger charge is -2.15. The van der Waals surface area contributed by atoms with E-state index in [4.69, 9.17) is 4.74 Å². The minimum absolute atomic E-state index is 0.0423. The number of alkyl halides is 3. The van der Waals surface area contributed by atoms with Crippen LogP contribution in [0, 0.1) is 0 Å². The van der Waals surface area contributed by atoms with E-state index < -0.39 is 17.7 Å². The zero-order valence-electron chi connectivity index (χ0n) is 13.3. The van der Waals surface area contributed by atoms with E-state index in [1.165, 1.54) is 19.1 Å². The second-order valence-corrected chi connectivity index (χ2v) is 5.55. The van der Waals surface area contributed by atoms with Gasteiger partial charge in [-0.1, -0.05) is 48.5 Å². The Bertz CT molecular complexity index is 868. The van der Waals surface area contributed by atoms with E-state index in [0.29, 0.717) is 11.1 Å². The Morgan fingerprint density at radius 2 is 1.68 bits per heavy atom.